The van der Waals surface area contributed by atoms with Crippen LogP contribution in [0, 0.1) is 0 Å². The molecule has 0 saturated carbocycles. The number of sulfone groups is 1. The molecule has 1 aliphatic heterocycles. The lowest BCUT2D eigenvalue weighted by Gasteiger charge is -2.31. The highest BCUT2D eigenvalue weighted by Crippen LogP contribution is 2.25. The Morgan fingerprint density at radius 2 is 1.96 bits per heavy atom. The van der Waals surface area contributed by atoms with E-state index >= 15 is 0 Å². The number of benzene rings is 1. The Hall–Kier alpha value is -2.68. The summed E-state index contributed by atoms with van der Waals surface area (Å²) in [5, 5.41) is 7.71. The molecule has 1 saturated heterocycles. The highest BCUT2D eigenvalue weighted by molar-refractivity contribution is 7.91. The maximum atomic E-state index is 12.8. The molecule has 26 heavy (non-hydrogen) atoms. The van der Waals surface area contributed by atoms with Crippen LogP contribution in [0.5, 0.6) is 0 Å². The molecule has 1 fully saturated rings. The summed E-state index contributed by atoms with van der Waals surface area (Å²) in [4.78, 5) is 17.7. The van der Waals surface area contributed by atoms with Crippen molar-refractivity contribution < 1.29 is 13.2 Å². The number of aromatic amines is 1. The number of H-pyrrole nitrogens is 1. The van der Waals surface area contributed by atoms with Gasteiger partial charge in [-0.15, -0.1) is 10.2 Å². The normalized spacial score (nSPS) is 16.3. The van der Waals surface area contributed by atoms with E-state index in [4.69, 9.17) is 0 Å². The molecule has 0 aliphatic carbocycles. The van der Waals surface area contributed by atoms with Gasteiger partial charge in [0.2, 0.25) is 15.0 Å². The quantitative estimate of drug-likeness (QED) is 0.747. The SMILES string of the molecule is Cn1cnnc1S(=O)(=O)C1CCN(C(=O)c2c[nH]c3ccccc23)CC1. The molecule has 9 heteroatoms. The van der Waals surface area contributed by atoms with E-state index in [1.807, 2.05) is 24.3 Å². The first-order valence-electron chi connectivity index (χ1n) is 8.42. The number of carbonyl (C=O) groups is 1. The fourth-order valence-electron chi connectivity index (χ4n) is 3.47. The third kappa shape index (κ3) is 2.68. The average Bonchev–Trinajstić information content (AvgIpc) is 3.27. The van der Waals surface area contributed by atoms with Crippen LogP contribution in [0.15, 0.2) is 41.9 Å². The summed E-state index contributed by atoms with van der Waals surface area (Å²) in [6, 6.07) is 7.64. The van der Waals surface area contributed by atoms with Gasteiger partial charge in [-0.2, -0.15) is 0 Å². The highest BCUT2D eigenvalue weighted by Gasteiger charge is 2.35. The second kappa shape index (κ2) is 6.24. The van der Waals surface area contributed by atoms with Gasteiger partial charge in [0.1, 0.15) is 6.33 Å². The highest BCUT2D eigenvalue weighted by atomic mass is 32.2. The summed E-state index contributed by atoms with van der Waals surface area (Å²) < 4.78 is 26.9. The third-order valence-electron chi connectivity index (χ3n) is 4.91. The summed E-state index contributed by atoms with van der Waals surface area (Å²) in [7, 11) is -1.93. The minimum absolute atomic E-state index is 0.0149. The van der Waals surface area contributed by atoms with Gasteiger partial charge in [0.25, 0.3) is 5.91 Å². The van der Waals surface area contributed by atoms with Crippen LogP contribution in [0.1, 0.15) is 23.2 Å². The van der Waals surface area contributed by atoms with E-state index in [1.165, 1.54) is 10.9 Å². The molecular formula is C17H19N5O3S. The molecule has 0 spiro atoms. The summed E-state index contributed by atoms with van der Waals surface area (Å²) >= 11 is 0. The number of rotatable bonds is 3. The number of carbonyl (C=O) groups excluding carboxylic acids is 1. The number of amides is 1. The van der Waals surface area contributed by atoms with Crippen molar-refractivity contribution in [1.29, 1.82) is 0 Å². The van der Waals surface area contributed by atoms with Crippen LogP contribution in [-0.2, 0) is 16.9 Å². The fraction of sp³-hybridized carbons (Fsp3) is 0.353. The first-order chi connectivity index (χ1) is 12.5. The van der Waals surface area contributed by atoms with E-state index < -0.39 is 15.1 Å². The zero-order valence-corrected chi connectivity index (χ0v) is 15.1. The predicted octanol–water partition coefficient (Wildman–Crippen LogP) is 1.37. The van der Waals surface area contributed by atoms with E-state index in [9.17, 15) is 13.2 Å². The molecule has 0 radical (unpaired) electrons. The number of likely N-dealkylation sites (tertiary alicyclic amines) is 1. The van der Waals surface area contributed by atoms with Gasteiger partial charge in [-0.25, -0.2) is 8.42 Å². The van der Waals surface area contributed by atoms with Gasteiger partial charge >= 0.3 is 0 Å². The molecule has 1 aromatic carbocycles. The summed E-state index contributed by atoms with van der Waals surface area (Å²) in [6.45, 7) is 0.806. The Morgan fingerprint density at radius 1 is 1.23 bits per heavy atom. The van der Waals surface area contributed by atoms with E-state index in [0.29, 0.717) is 31.5 Å². The van der Waals surface area contributed by atoms with Crippen molar-refractivity contribution in [2.45, 2.75) is 23.2 Å². The molecular weight excluding hydrogens is 354 g/mol. The van der Waals surface area contributed by atoms with Crippen LogP contribution in [0.2, 0.25) is 0 Å². The van der Waals surface area contributed by atoms with E-state index in [2.05, 4.69) is 15.2 Å². The minimum Gasteiger partial charge on any atom is -0.360 e. The molecule has 2 aromatic heterocycles. The molecule has 0 bridgehead atoms. The van der Waals surface area contributed by atoms with Crippen molar-refractivity contribution >= 4 is 26.6 Å². The Labute approximate surface area is 150 Å². The number of para-hydroxylation sites is 1. The van der Waals surface area contributed by atoms with Gasteiger partial charge in [0, 0.05) is 37.2 Å². The Balaban J connectivity index is 1.50. The zero-order chi connectivity index (χ0) is 18.3. The lowest BCUT2D eigenvalue weighted by atomic mass is 10.1. The van der Waals surface area contributed by atoms with Crippen LogP contribution in [0.4, 0.5) is 0 Å². The Kier molecular flexibility index (Phi) is 4.03. The van der Waals surface area contributed by atoms with E-state index in [0.717, 1.165) is 10.9 Å². The van der Waals surface area contributed by atoms with Crippen molar-refractivity contribution in [3.8, 4) is 0 Å². The van der Waals surface area contributed by atoms with Crippen LogP contribution >= 0.6 is 0 Å². The predicted molar refractivity (Wildman–Crippen MR) is 95.4 cm³/mol. The fourth-order valence-corrected chi connectivity index (χ4v) is 5.21. The van der Waals surface area contributed by atoms with E-state index in [-0.39, 0.29) is 11.1 Å². The van der Waals surface area contributed by atoms with Gasteiger partial charge in [-0.3, -0.25) is 4.79 Å². The van der Waals surface area contributed by atoms with Crippen LogP contribution in [-0.4, -0.2) is 57.3 Å². The van der Waals surface area contributed by atoms with Crippen LogP contribution in [0.3, 0.4) is 0 Å². The third-order valence-corrected chi connectivity index (χ3v) is 7.14. The number of piperidine rings is 1. The smallest absolute Gasteiger partial charge is 0.256 e. The van der Waals surface area contributed by atoms with Gasteiger partial charge in [0.05, 0.1) is 10.8 Å². The lowest BCUT2D eigenvalue weighted by molar-refractivity contribution is 0.0727. The number of nitrogens with one attached hydrogen (secondary N) is 1. The summed E-state index contributed by atoms with van der Waals surface area (Å²) in [6.07, 6.45) is 3.88. The second-order valence-electron chi connectivity index (χ2n) is 6.51. The largest absolute Gasteiger partial charge is 0.360 e. The van der Waals surface area contributed by atoms with Crippen molar-refractivity contribution in [2.24, 2.45) is 7.05 Å². The number of fused-ring (bicyclic) bond motifs is 1. The van der Waals surface area contributed by atoms with Crippen molar-refractivity contribution in [3.05, 3.63) is 42.4 Å². The maximum Gasteiger partial charge on any atom is 0.256 e. The van der Waals surface area contributed by atoms with E-state index in [1.54, 1.807) is 18.1 Å². The molecule has 4 rings (SSSR count). The number of aromatic nitrogens is 4. The second-order valence-corrected chi connectivity index (χ2v) is 8.63. The number of aryl methyl sites for hydroxylation is 1. The minimum atomic E-state index is -3.54. The zero-order valence-electron chi connectivity index (χ0n) is 14.3. The number of nitrogens with zero attached hydrogens (tertiary/aromatic N) is 4. The Bertz CT molecular complexity index is 1060. The summed E-state index contributed by atoms with van der Waals surface area (Å²) in [5.41, 5.74) is 1.53. The van der Waals surface area contributed by atoms with Gasteiger partial charge < -0.3 is 14.5 Å². The van der Waals surface area contributed by atoms with Crippen LogP contribution < -0.4 is 0 Å². The number of hydrogen-bond donors (Lipinski definition) is 1. The maximum absolute atomic E-state index is 12.8. The molecule has 0 unspecified atom stereocenters. The molecule has 1 amide bonds. The monoisotopic (exact) mass is 373 g/mol. The van der Waals surface area contributed by atoms with Crippen LogP contribution in [0.25, 0.3) is 10.9 Å². The topological polar surface area (TPSA) is 101 Å². The molecule has 3 heterocycles. The average molecular weight is 373 g/mol. The Morgan fingerprint density at radius 3 is 2.65 bits per heavy atom. The number of hydrogen-bond acceptors (Lipinski definition) is 5. The van der Waals surface area contributed by atoms with Gasteiger partial charge in [-0.05, 0) is 18.9 Å². The molecule has 136 valence electrons. The first-order valence-corrected chi connectivity index (χ1v) is 9.96. The van der Waals surface area contributed by atoms with Gasteiger partial charge in [0.15, 0.2) is 0 Å². The molecule has 8 nitrogen and oxygen atoms in total. The summed E-state index contributed by atoms with van der Waals surface area (Å²) in [5.74, 6) is -0.0723. The van der Waals surface area contributed by atoms with Crippen molar-refractivity contribution in [1.82, 2.24) is 24.6 Å². The molecule has 1 N–H and O–H groups in total. The van der Waals surface area contributed by atoms with Crippen molar-refractivity contribution in [3.63, 3.8) is 0 Å². The molecule has 1 aliphatic rings. The van der Waals surface area contributed by atoms with Crippen molar-refractivity contribution in [2.75, 3.05) is 13.1 Å². The molecule has 3 aromatic rings. The van der Waals surface area contributed by atoms with Gasteiger partial charge in [-0.1, -0.05) is 18.2 Å². The standard InChI is InChI=1S/C17H19N5O3S/c1-21-11-19-20-17(21)26(24,25)12-6-8-22(9-7-12)16(23)14-10-18-15-5-3-2-4-13(14)15/h2-5,10-12,18H,6-9H2,1H3. The molecule has 0 atom stereocenters. The lowest BCUT2D eigenvalue weighted by Crippen LogP contribution is -2.42. The first kappa shape index (κ1) is 16.8.